The molecule has 0 aromatic carbocycles. The van der Waals surface area contributed by atoms with E-state index in [2.05, 4.69) is 373 Å². The molecule has 11 nitrogen and oxygen atoms in total. The van der Waals surface area contributed by atoms with Crippen LogP contribution in [0.15, 0.2) is 0 Å². The summed E-state index contributed by atoms with van der Waals surface area (Å²) in [6, 6.07) is 0. The van der Waals surface area contributed by atoms with Crippen molar-refractivity contribution in [3.8, 4) is 0 Å². The van der Waals surface area contributed by atoms with Crippen molar-refractivity contribution in [2.45, 2.75) is 540 Å². The van der Waals surface area contributed by atoms with Gasteiger partial charge >= 0.3 is 0 Å². The molecule has 5 atom stereocenters. The van der Waals surface area contributed by atoms with Gasteiger partial charge in [0, 0.05) is 46.8 Å². The average Bonchev–Trinajstić information content (AvgIpc) is 1.70. The maximum absolute atomic E-state index is 8.94. The zero-order chi connectivity index (χ0) is 105. The summed E-state index contributed by atoms with van der Waals surface area (Å²) in [5.74, 6) is 3.58. The van der Waals surface area contributed by atoms with Gasteiger partial charge in [-0.2, -0.15) is 0 Å². The number of aliphatic hydroxyl groups excluding tert-OH is 5. The molecule has 3 aliphatic rings. The second-order valence-corrected chi connectivity index (χ2v) is 55.7. The molecular formula is C119H266N4O7. The molecule has 0 aromatic heterocycles. The van der Waals surface area contributed by atoms with Crippen LogP contribution in [-0.4, -0.2) is 185 Å². The monoisotopic (exact) mass is 1860 g/mol. The highest BCUT2D eigenvalue weighted by Gasteiger charge is 2.35. The highest BCUT2D eigenvalue weighted by atomic mass is 16.5. The Hall–Kier alpha value is -0.440. The number of rotatable bonds is 30. The van der Waals surface area contributed by atoms with Crippen molar-refractivity contribution in [1.29, 1.82) is 0 Å². The van der Waals surface area contributed by atoms with E-state index >= 15 is 0 Å². The molecular weight excluding hydrogens is 1600 g/mol. The number of ether oxygens (including phenoxy) is 2. The second-order valence-electron chi connectivity index (χ2n) is 55.7. The van der Waals surface area contributed by atoms with Gasteiger partial charge in [-0.3, -0.25) is 0 Å². The van der Waals surface area contributed by atoms with Crippen molar-refractivity contribution in [3.63, 3.8) is 0 Å². The Morgan fingerprint density at radius 2 is 0.662 bits per heavy atom. The van der Waals surface area contributed by atoms with Gasteiger partial charge in [0.1, 0.15) is 0 Å². The van der Waals surface area contributed by atoms with E-state index in [0.29, 0.717) is 104 Å². The summed E-state index contributed by atoms with van der Waals surface area (Å²) in [6.07, 6.45) is 33.8. The van der Waals surface area contributed by atoms with Crippen LogP contribution in [0.3, 0.4) is 0 Å². The molecule has 2 saturated heterocycles. The van der Waals surface area contributed by atoms with Crippen molar-refractivity contribution < 1.29 is 35.0 Å². The summed E-state index contributed by atoms with van der Waals surface area (Å²) in [6.45, 7) is 129. The average molecular weight is 1870 g/mol. The fraction of sp³-hybridized carbons (Fsp3) is 1.00. The lowest BCUT2D eigenvalue weighted by molar-refractivity contribution is 0.0612. The van der Waals surface area contributed by atoms with E-state index in [0.717, 1.165) is 76.7 Å². The Morgan fingerprint density at radius 1 is 0.338 bits per heavy atom. The van der Waals surface area contributed by atoms with Crippen LogP contribution in [0, 0.1) is 105 Å². The molecule has 11 heteroatoms. The van der Waals surface area contributed by atoms with Gasteiger partial charge in [0.25, 0.3) is 0 Å². The lowest BCUT2D eigenvalue weighted by Crippen LogP contribution is -2.32. The molecule has 804 valence electrons. The Kier molecular flexibility index (Phi) is 99.2. The number of hydrogen-bond acceptors (Lipinski definition) is 11. The Bertz CT molecular complexity index is 2150. The largest absolute Gasteiger partial charge is 0.396 e. The maximum atomic E-state index is 8.94. The summed E-state index contributed by atoms with van der Waals surface area (Å²) in [7, 11) is 8.15. The normalized spacial score (nSPS) is 15.5. The van der Waals surface area contributed by atoms with E-state index in [1.807, 2.05) is 20.8 Å². The fourth-order valence-electron chi connectivity index (χ4n) is 13.3. The van der Waals surface area contributed by atoms with Gasteiger partial charge in [-0.05, 0) is 301 Å². The van der Waals surface area contributed by atoms with Crippen LogP contribution in [0.4, 0.5) is 0 Å². The van der Waals surface area contributed by atoms with E-state index in [4.69, 9.17) is 35.0 Å². The van der Waals surface area contributed by atoms with Crippen LogP contribution in [0.5, 0.6) is 0 Å². The molecule has 3 rings (SSSR count). The number of unbranched alkanes of at least 4 members (excludes halogenated alkanes) is 1. The third-order valence-electron chi connectivity index (χ3n) is 23.7. The highest BCUT2D eigenvalue weighted by molar-refractivity contribution is 4.85. The first-order chi connectivity index (χ1) is 57.9. The van der Waals surface area contributed by atoms with E-state index < -0.39 is 6.10 Å². The summed E-state index contributed by atoms with van der Waals surface area (Å²) in [5, 5.41) is 43.9. The number of likely N-dealkylation sites (tertiary alicyclic amines) is 2. The molecule has 2 aliphatic heterocycles. The zero-order valence-electron chi connectivity index (χ0n) is 101. The molecule has 0 bridgehead atoms. The van der Waals surface area contributed by atoms with Crippen LogP contribution < -0.4 is 0 Å². The fourth-order valence-corrected chi connectivity index (χ4v) is 13.3. The molecule has 2 heterocycles. The predicted molar refractivity (Wildman–Crippen MR) is 598 cm³/mol. The predicted octanol–water partition coefficient (Wildman–Crippen LogP) is 35.0. The quantitative estimate of drug-likeness (QED) is 0.0441. The molecule has 3 fully saturated rings. The third kappa shape index (κ3) is 148. The topological polar surface area (TPSA) is 133 Å². The molecule has 0 amide bonds. The first kappa shape index (κ1) is 155. The van der Waals surface area contributed by atoms with Crippen LogP contribution in [0.25, 0.3) is 0 Å². The molecule has 1 saturated carbocycles. The molecule has 5 N–H and O–H groups in total. The maximum Gasteiger partial charge on any atom is 0.0775 e. The van der Waals surface area contributed by atoms with Gasteiger partial charge in [-0.15, -0.1) is 0 Å². The van der Waals surface area contributed by atoms with Crippen LogP contribution in [0.2, 0.25) is 0 Å². The zero-order valence-corrected chi connectivity index (χ0v) is 101. The SMILES string of the molecule is C.CC(C)(C)CC(O)CO.CC(C)(C)CCN1CCCC1.CC(C)(C)CCN1CCCCC1.CC(C1CC1)C(C)(C)C.CCC(CO)C(C)(C)C.CCC(CO)C(C)(C)C.CCCC(C)(C)C.CCCC(C)(C)C.CCCC(CCO)C(C)(C)C.CCCCC(C)(C)C.CCCOCCC(C)(C)C.CCN(C)CCC(C)(C)C.CN(C)CCC(C)(C)C.COCCC(C)(C)C. The van der Waals surface area contributed by atoms with Gasteiger partial charge in [-0.1, -0.05) is 418 Å². The molecule has 130 heavy (non-hydrogen) atoms. The van der Waals surface area contributed by atoms with Crippen molar-refractivity contribution in [2.24, 2.45) is 105 Å². The van der Waals surface area contributed by atoms with Crippen LogP contribution >= 0.6 is 0 Å². The van der Waals surface area contributed by atoms with Gasteiger partial charge in [0.15, 0.2) is 0 Å². The standard InChI is InChI=1S/C11H23N.C10H21N.C10H22O.C9H21N.C9H20O.C9H18.C8H19N.2C8H18O.C8H18.C7H16O2.C7H16O.2C7H16.CH4/c1-11(2,3)7-10-12-8-5-4-6-9-12;1-10(2,3)6-9-11-7-4-5-8-11;1-5-6-9(7-8-11)10(2,3)4;1-6-10(5)8-7-9(2,3)4;1-5-7-10-8-6-9(2,3)4;1-7(8-5-6-8)9(2,3)4;1-8(2,3)6-7-9(4)5;2*1-5-7(6-9)8(2,3)4;1-5-6-7-8(2,3)4;1-7(2,3)4-6(9)5-8;1-7(2,3)5-6-8-4;2*1-5-6-7(2,3)4;/h4-10H2,1-3H3;4-9H2,1-3H3;9,11H,5-8H2,1-4H3;6-8H2,1-5H3;5-8H2,1-4H3;7-8H,5-6H2,1-4H3;6-7H2,1-5H3;2*7,9H,5-6H2,1-4H3;5-7H2,1-4H3;6,8-9H,4-5H2,1-3H3;5-6H2,1-4H3;2*5-6H2,1-4H3;1H4. The Balaban J connectivity index is -0.000000116. The third-order valence-corrected chi connectivity index (χ3v) is 23.7. The van der Waals surface area contributed by atoms with E-state index in [9.17, 15) is 0 Å². The number of piperidine rings is 1. The van der Waals surface area contributed by atoms with Crippen molar-refractivity contribution in [3.05, 3.63) is 0 Å². The van der Waals surface area contributed by atoms with Gasteiger partial charge < -0.3 is 54.6 Å². The smallest absolute Gasteiger partial charge is 0.0775 e. The van der Waals surface area contributed by atoms with Crippen molar-refractivity contribution >= 4 is 0 Å². The number of nitrogens with zero attached hydrogens (tertiary/aromatic N) is 4. The first-order valence-electron chi connectivity index (χ1n) is 53.8. The van der Waals surface area contributed by atoms with Crippen molar-refractivity contribution in [2.75, 3.05) is 133 Å². The molecule has 1 aliphatic carbocycles. The summed E-state index contributed by atoms with van der Waals surface area (Å²) >= 11 is 0. The van der Waals surface area contributed by atoms with E-state index in [1.54, 1.807) is 7.11 Å². The first-order valence-corrected chi connectivity index (χ1v) is 53.8. The highest BCUT2D eigenvalue weighted by Crippen LogP contribution is 2.45. The van der Waals surface area contributed by atoms with Crippen LogP contribution in [0.1, 0.15) is 534 Å². The van der Waals surface area contributed by atoms with Crippen LogP contribution in [-0.2, 0) is 9.47 Å². The number of hydrogen-bond donors (Lipinski definition) is 5. The summed E-state index contributed by atoms with van der Waals surface area (Å²) in [5.41, 5.74) is 6.06. The Labute approximate surface area is 828 Å². The Morgan fingerprint density at radius 3 is 0.831 bits per heavy atom. The minimum Gasteiger partial charge on any atom is -0.396 e. The lowest BCUT2D eigenvalue weighted by atomic mass is 9.76. The van der Waals surface area contributed by atoms with Gasteiger partial charge in [0.05, 0.1) is 12.7 Å². The van der Waals surface area contributed by atoms with Crippen molar-refractivity contribution in [1.82, 2.24) is 19.6 Å². The second kappa shape index (κ2) is 83.2. The lowest BCUT2D eigenvalue weighted by Gasteiger charge is -2.29. The number of aliphatic hydroxyl groups is 5. The van der Waals surface area contributed by atoms with E-state index in [1.165, 1.54) is 181 Å². The molecule has 5 unspecified atom stereocenters. The van der Waals surface area contributed by atoms with Gasteiger partial charge in [0.2, 0.25) is 0 Å². The summed E-state index contributed by atoms with van der Waals surface area (Å²) < 4.78 is 10.3. The molecule has 0 spiro atoms. The van der Waals surface area contributed by atoms with E-state index in [-0.39, 0.29) is 30.3 Å². The summed E-state index contributed by atoms with van der Waals surface area (Å²) in [4.78, 5) is 9.79. The minimum atomic E-state index is -0.551. The van der Waals surface area contributed by atoms with Gasteiger partial charge in [-0.25, -0.2) is 0 Å². The minimum absolute atomic E-state index is 0. The molecule has 0 aromatic rings. The molecule has 0 radical (unpaired) electrons. The number of methoxy groups -OCH3 is 1.